The van der Waals surface area contributed by atoms with Gasteiger partial charge in [-0.05, 0) is 51.1 Å². The zero-order valence-corrected chi connectivity index (χ0v) is 12.6. The fourth-order valence-electron chi connectivity index (χ4n) is 1.48. The minimum atomic E-state index is -0.214. The molecule has 0 aliphatic carbocycles. The minimum Gasteiger partial charge on any atom is -0.271 e. The van der Waals surface area contributed by atoms with Crippen LogP contribution in [0.2, 0.25) is 0 Å². The highest BCUT2D eigenvalue weighted by Crippen LogP contribution is 2.31. The lowest BCUT2D eigenvalue weighted by molar-refractivity contribution is 0.610. The zero-order valence-electron chi connectivity index (χ0n) is 9.40. The summed E-state index contributed by atoms with van der Waals surface area (Å²) < 4.78 is 13.8. The molecule has 2 aromatic rings. The molecule has 0 amide bonds. The molecule has 96 valence electrons. The Bertz CT molecular complexity index is 501. The van der Waals surface area contributed by atoms with Crippen molar-refractivity contribution in [3.8, 4) is 0 Å². The molecule has 1 heterocycles. The van der Waals surface area contributed by atoms with Crippen molar-refractivity contribution in [3.63, 3.8) is 0 Å². The van der Waals surface area contributed by atoms with E-state index in [0.717, 1.165) is 20.7 Å². The normalized spacial score (nSPS) is 12.6. The van der Waals surface area contributed by atoms with E-state index in [9.17, 15) is 4.39 Å². The molecule has 18 heavy (non-hydrogen) atoms. The topological polar surface area (TPSA) is 38.0 Å². The molecule has 0 saturated heterocycles. The van der Waals surface area contributed by atoms with Gasteiger partial charge in [0.1, 0.15) is 5.82 Å². The summed E-state index contributed by atoms with van der Waals surface area (Å²) in [5, 5.41) is 4.10. The Morgan fingerprint density at radius 3 is 2.61 bits per heavy atom. The molecule has 2 nitrogen and oxygen atoms in total. The van der Waals surface area contributed by atoms with E-state index < -0.39 is 0 Å². The van der Waals surface area contributed by atoms with Crippen LogP contribution in [0.1, 0.15) is 11.6 Å². The van der Waals surface area contributed by atoms with E-state index in [2.05, 4.69) is 26.7 Å². The van der Waals surface area contributed by atoms with E-state index in [1.165, 1.54) is 12.1 Å². The lowest BCUT2D eigenvalue weighted by Gasteiger charge is -2.15. The number of thiophene rings is 1. The first-order chi connectivity index (χ1) is 8.70. The number of hydrogen-bond donors (Lipinski definition) is 2. The van der Waals surface area contributed by atoms with Gasteiger partial charge in [0.25, 0.3) is 0 Å². The third-order valence-electron chi connectivity index (χ3n) is 2.45. The summed E-state index contributed by atoms with van der Waals surface area (Å²) in [5.74, 6) is 6.16. The number of nitrogens with two attached hydrogens (primary N) is 1. The Morgan fingerprint density at radius 2 is 2.06 bits per heavy atom. The van der Waals surface area contributed by atoms with Crippen molar-refractivity contribution in [1.82, 2.24) is 5.43 Å². The lowest BCUT2D eigenvalue weighted by Crippen LogP contribution is -2.29. The molecule has 1 aromatic heterocycles. The number of thioether (sulfide) groups is 1. The summed E-state index contributed by atoms with van der Waals surface area (Å²) in [5.41, 5.74) is 3.96. The van der Waals surface area contributed by atoms with Crippen LogP contribution in [0.5, 0.6) is 0 Å². The first kappa shape index (κ1) is 14.0. The van der Waals surface area contributed by atoms with Gasteiger partial charge in [0.05, 0.1) is 6.04 Å². The van der Waals surface area contributed by atoms with E-state index >= 15 is 0 Å². The highest BCUT2D eigenvalue weighted by atomic mass is 79.9. The van der Waals surface area contributed by atoms with Crippen LogP contribution in [-0.4, -0.2) is 5.75 Å². The average molecular weight is 347 g/mol. The van der Waals surface area contributed by atoms with E-state index in [1.807, 2.05) is 5.38 Å². The molecule has 0 aliphatic rings. The molecule has 0 bridgehead atoms. The van der Waals surface area contributed by atoms with Crippen molar-refractivity contribution in [2.75, 3.05) is 5.75 Å². The fourth-order valence-corrected chi connectivity index (χ4v) is 4.07. The maximum absolute atomic E-state index is 12.8. The standard InChI is InChI=1S/C12H12BrFN2S2/c13-11-6-17-5-10(11)12(16-15)7-18-9-3-1-8(14)2-4-9/h1-6,12,16H,7,15H2. The Morgan fingerprint density at radius 1 is 1.33 bits per heavy atom. The summed E-state index contributed by atoms with van der Waals surface area (Å²) in [6.07, 6.45) is 0. The first-order valence-corrected chi connectivity index (χ1v) is 7.99. The van der Waals surface area contributed by atoms with Gasteiger partial charge in [0.15, 0.2) is 0 Å². The number of hydrogen-bond acceptors (Lipinski definition) is 4. The Hall–Kier alpha value is -0.400. The van der Waals surface area contributed by atoms with E-state index in [0.29, 0.717) is 0 Å². The van der Waals surface area contributed by atoms with Crippen molar-refractivity contribution in [2.45, 2.75) is 10.9 Å². The van der Waals surface area contributed by atoms with Crippen LogP contribution in [-0.2, 0) is 0 Å². The summed E-state index contributed by atoms with van der Waals surface area (Å²) >= 11 is 6.78. The van der Waals surface area contributed by atoms with Gasteiger partial charge < -0.3 is 0 Å². The molecule has 3 N–H and O–H groups in total. The van der Waals surface area contributed by atoms with E-state index in [1.54, 1.807) is 35.2 Å². The second-order valence-corrected chi connectivity index (χ2v) is 6.35. The second-order valence-electron chi connectivity index (χ2n) is 3.66. The second kappa shape index (κ2) is 6.68. The number of hydrazine groups is 1. The molecular formula is C12H12BrFN2S2. The number of benzene rings is 1. The molecule has 0 saturated carbocycles. The smallest absolute Gasteiger partial charge is 0.123 e. The highest BCUT2D eigenvalue weighted by Gasteiger charge is 2.14. The quantitative estimate of drug-likeness (QED) is 0.489. The van der Waals surface area contributed by atoms with Crippen LogP contribution in [0, 0.1) is 5.82 Å². The average Bonchev–Trinajstić information content (AvgIpc) is 2.79. The summed E-state index contributed by atoms with van der Waals surface area (Å²) in [7, 11) is 0. The van der Waals surface area contributed by atoms with Gasteiger partial charge in [-0.1, -0.05) is 0 Å². The third-order valence-corrected chi connectivity index (χ3v) is 5.31. The van der Waals surface area contributed by atoms with Gasteiger partial charge in [0, 0.05) is 20.5 Å². The van der Waals surface area contributed by atoms with E-state index in [4.69, 9.17) is 5.84 Å². The van der Waals surface area contributed by atoms with Crippen molar-refractivity contribution in [1.29, 1.82) is 0 Å². The molecule has 0 aliphatic heterocycles. The van der Waals surface area contributed by atoms with Crippen molar-refractivity contribution >= 4 is 39.0 Å². The number of halogens is 2. The third kappa shape index (κ3) is 3.55. The summed E-state index contributed by atoms with van der Waals surface area (Å²) in [4.78, 5) is 1.03. The van der Waals surface area contributed by atoms with Crippen LogP contribution >= 0.6 is 39.0 Å². The number of rotatable bonds is 5. The highest BCUT2D eigenvalue weighted by molar-refractivity contribution is 9.10. The molecule has 6 heteroatoms. The van der Waals surface area contributed by atoms with Crippen molar-refractivity contribution in [3.05, 3.63) is 50.9 Å². The van der Waals surface area contributed by atoms with Crippen molar-refractivity contribution < 1.29 is 4.39 Å². The molecule has 0 spiro atoms. The van der Waals surface area contributed by atoms with Crippen LogP contribution in [0.4, 0.5) is 4.39 Å². The van der Waals surface area contributed by atoms with Gasteiger partial charge in [0.2, 0.25) is 0 Å². The molecule has 0 fully saturated rings. The summed E-state index contributed by atoms with van der Waals surface area (Å²) in [6, 6.07) is 6.55. The van der Waals surface area contributed by atoms with Crippen LogP contribution in [0.3, 0.4) is 0 Å². The maximum Gasteiger partial charge on any atom is 0.123 e. The molecular weight excluding hydrogens is 335 g/mol. The van der Waals surface area contributed by atoms with Gasteiger partial charge in [-0.2, -0.15) is 11.3 Å². The molecule has 0 radical (unpaired) electrons. The maximum atomic E-state index is 12.8. The SMILES string of the molecule is NNC(CSc1ccc(F)cc1)c1cscc1Br. The van der Waals surface area contributed by atoms with Gasteiger partial charge in [-0.25, -0.2) is 4.39 Å². The molecule has 1 aromatic carbocycles. The predicted octanol–water partition coefficient (Wildman–Crippen LogP) is 3.95. The van der Waals surface area contributed by atoms with Gasteiger partial charge >= 0.3 is 0 Å². The van der Waals surface area contributed by atoms with Crippen molar-refractivity contribution in [2.24, 2.45) is 5.84 Å². The monoisotopic (exact) mass is 346 g/mol. The van der Waals surface area contributed by atoms with Crippen LogP contribution < -0.4 is 11.3 Å². The Labute approximate surface area is 122 Å². The van der Waals surface area contributed by atoms with Gasteiger partial charge in [-0.15, -0.1) is 11.8 Å². The lowest BCUT2D eigenvalue weighted by atomic mass is 10.2. The van der Waals surface area contributed by atoms with Gasteiger partial charge in [-0.3, -0.25) is 11.3 Å². The minimum absolute atomic E-state index is 0.0701. The Balaban J connectivity index is 2.00. The molecule has 1 unspecified atom stereocenters. The molecule has 2 rings (SSSR count). The first-order valence-electron chi connectivity index (χ1n) is 5.27. The van der Waals surface area contributed by atoms with Crippen LogP contribution in [0.15, 0.2) is 44.4 Å². The zero-order chi connectivity index (χ0) is 13.0. The molecule has 1 atom stereocenters. The van der Waals surface area contributed by atoms with Crippen LogP contribution in [0.25, 0.3) is 0 Å². The number of nitrogens with one attached hydrogen (secondary N) is 1. The van der Waals surface area contributed by atoms with E-state index in [-0.39, 0.29) is 11.9 Å². The Kier molecular flexibility index (Phi) is 5.20. The largest absolute Gasteiger partial charge is 0.271 e. The summed E-state index contributed by atoms with van der Waals surface area (Å²) in [6.45, 7) is 0. The fraction of sp³-hybridized carbons (Fsp3) is 0.167. The predicted molar refractivity (Wildman–Crippen MR) is 79.2 cm³/mol.